The Morgan fingerprint density at radius 1 is 0.759 bits per heavy atom. The van der Waals surface area contributed by atoms with Crippen LogP contribution in [0.5, 0.6) is 0 Å². The van der Waals surface area contributed by atoms with E-state index in [0.717, 1.165) is 50.9 Å². The zero-order valence-electron chi connectivity index (χ0n) is 19.0. The number of carbonyl (C=O) groups is 2. The van der Waals surface area contributed by atoms with Gasteiger partial charge in [-0.25, -0.2) is 0 Å². The van der Waals surface area contributed by atoms with E-state index in [2.05, 4.69) is 9.80 Å². The number of carbonyl (C=O) groups excluding carboxylic acids is 2. The fourth-order valence-corrected chi connectivity index (χ4v) is 6.88. The minimum atomic E-state index is 0.193. The Bertz CT molecular complexity index is 584. The number of piperidine rings is 2. The molecule has 0 unspecified atom stereocenters. The van der Waals surface area contributed by atoms with Crippen molar-refractivity contribution in [2.45, 2.75) is 97.1 Å². The van der Waals surface area contributed by atoms with Crippen molar-refractivity contribution in [3.8, 4) is 0 Å². The van der Waals surface area contributed by atoms with Crippen molar-refractivity contribution in [1.29, 1.82) is 0 Å². The van der Waals surface area contributed by atoms with E-state index in [1.807, 2.05) is 13.8 Å². The van der Waals surface area contributed by atoms with Gasteiger partial charge in [0.15, 0.2) is 0 Å². The molecule has 4 nitrogen and oxygen atoms in total. The van der Waals surface area contributed by atoms with Crippen molar-refractivity contribution in [2.75, 3.05) is 26.2 Å². The summed E-state index contributed by atoms with van der Waals surface area (Å²) in [6, 6.07) is 1.54. The monoisotopic (exact) mass is 402 g/mol. The first kappa shape index (κ1) is 21.5. The van der Waals surface area contributed by atoms with Crippen LogP contribution in [0.4, 0.5) is 0 Å². The van der Waals surface area contributed by atoms with Gasteiger partial charge in [-0.1, -0.05) is 13.8 Å². The summed E-state index contributed by atoms with van der Waals surface area (Å²) < 4.78 is 0. The molecule has 0 aromatic heterocycles. The maximum Gasteiger partial charge on any atom is 0.138 e. The average Bonchev–Trinajstić information content (AvgIpc) is 2.71. The molecular weight excluding hydrogens is 360 g/mol. The van der Waals surface area contributed by atoms with Gasteiger partial charge in [-0.2, -0.15) is 0 Å². The maximum atomic E-state index is 12.3. The molecule has 4 fully saturated rings. The quantitative estimate of drug-likeness (QED) is 0.687. The number of likely N-dealkylation sites (tertiary alicyclic amines) is 2. The lowest BCUT2D eigenvalue weighted by atomic mass is 9.56. The Morgan fingerprint density at radius 2 is 1.28 bits per heavy atom. The summed E-state index contributed by atoms with van der Waals surface area (Å²) in [7, 11) is 0. The molecule has 4 rings (SSSR count). The van der Waals surface area contributed by atoms with E-state index in [0.29, 0.717) is 28.8 Å². The van der Waals surface area contributed by atoms with Gasteiger partial charge in [0.2, 0.25) is 0 Å². The summed E-state index contributed by atoms with van der Waals surface area (Å²) >= 11 is 0. The lowest BCUT2D eigenvalue weighted by Crippen LogP contribution is -2.56. The highest BCUT2D eigenvalue weighted by atomic mass is 16.1. The summed E-state index contributed by atoms with van der Waals surface area (Å²) in [6.45, 7) is 10.6. The van der Waals surface area contributed by atoms with Gasteiger partial charge < -0.3 is 9.80 Å². The second-order valence-corrected chi connectivity index (χ2v) is 11.1. The van der Waals surface area contributed by atoms with E-state index in [1.165, 1.54) is 51.6 Å². The number of ketones is 2. The van der Waals surface area contributed by atoms with E-state index in [-0.39, 0.29) is 5.92 Å². The third-order valence-corrected chi connectivity index (χ3v) is 8.99. The van der Waals surface area contributed by atoms with Crippen LogP contribution in [0.15, 0.2) is 0 Å². The van der Waals surface area contributed by atoms with Crippen LogP contribution in [0.3, 0.4) is 0 Å². The summed E-state index contributed by atoms with van der Waals surface area (Å²) in [5, 5.41) is 0. The Hall–Kier alpha value is -0.740. The Balaban J connectivity index is 1.17. The standard InChI is InChI=1S/C25H42N2O2/c1-18(2)24(29)21-6-12-26(13-7-21)22-8-14-27(15-9-22)23-16-25(17-23)10-4-20(5-11-25)19(3)28/h18,20-23H,4-17H2,1-3H3. The number of Topliss-reactive ketones (excluding diaryl/α,β-unsaturated/α-hetero) is 2. The summed E-state index contributed by atoms with van der Waals surface area (Å²) in [6.07, 6.45) is 12.4. The van der Waals surface area contributed by atoms with Crippen LogP contribution in [0, 0.1) is 23.2 Å². The van der Waals surface area contributed by atoms with Crippen molar-refractivity contribution in [3.05, 3.63) is 0 Å². The normalized spacial score (nSPS) is 35.7. The fraction of sp³-hybridized carbons (Fsp3) is 0.920. The first-order valence-electron chi connectivity index (χ1n) is 12.4. The molecule has 4 aliphatic rings. The molecule has 0 aromatic rings. The molecule has 0 aromatic carbocycles. The Labute approximate surface area is 177 Å². The fourth-order valence-electron chi connectivity index (χ4n) is 6.88. The number of hydrogen-bond donors (Lipinski definition) is 0. The maximum absolute atomic E-state index is 12.3. The average molecular weight is 403 g/mol. The molecule has 2 saturated heterocycles. The molecule has 2 aliphatic heterocycles. The second kappa shape index (κ2) is 8.78. The van der Waals surface area contributed by atoms with E-state index in [9.17, 15) is 9.59 Å². The topological polar surface area (TPSA) is 40.6 Å². The summed E-state index contributed by atoms with van der Waals surface area (Å²) in [4.78, 5) is 29.4. The van der Waals surface area contributed by atoms with E-state index < -0.39 is 0 Å². The van der Waals surface area contributed by atoms with Gasteiger partial charge in [0.1, 0.15) is 11.6 Å². The van der Waals surface area contributed by atoms with Gasteiger partial charge in [-0.3, -0.25) is 9.59 Å². The van der Waals surface area contributed by atoms with E-state index in [4.69, 9.17) is 0 Å². The van der Waals surface area contributed by atoms with Gasteiger partial charge in [0.25, 0.3) is 0 Å². The zero-order valence-corrected chi connectivity index (χ0v) is 19.0. The zero-order chi connectivity index (χ0) is 20.6. The van der Waals surface area contributed by atoms with Gasteiger partial charge >= 0.3 is 0 Å². The SMILES string of the molecule is CC(=O)C1CCC2(CC1)CC(N1CCC(N3CCC(C(=O)C(C)C)CC3)CC1)C2. The number of rotatable bonds is 5. The third-order valence-electron chi connectivity index (χ3n) is 8.99. The van der Waals surface area contributed by atoms with Crippen LogP contribution in [-0.4, -0.2) is 59.6 Å². The molecule has 2 aliphatic carbocycles. The summed E-state index contributed by atoms with van der Waals surface area (Å²) in [5.41, 5.74) is 0.582. The molecular formula is C25H42N2O2. The van der Waals surface area contributed by atoms with Crippen molar-refractivity contribution < 1.29 is 9.59 Å². The van der Waals surface area contributed by atoms with E-state index >= 15 is 0 Å². The van der Waals surface area contributed by atoms with Crippen LogP contribution >= 0.6 is 0 Å². The molecule has 0 atom stereocenters. The first-order valence-corrected chi connectivity index (χ1v) is 12.4. The molecule has 0 bridgehead atoms. The van der Waals surface area contributed by atoms with Crippen molar-refractivity contribution in [1.82, 2.24) is 9.80 Å². The summed E-state index contributed by atoms with van der Waals surface area (Å²) in [5.74, 6) is 1.76. The Kier molecular flexibility index (Phi) is 6.51. The van der Waals surface area contributed by atoms with E-state index in [1.54, 1.807) is 6.92 Å². The highest BCUT2D eigenvalue weighted by Gasteiger charge is 2.48. The van der Waals surface area contributed by atoms with Gasteiger partial charge in [0.05, 0.1) is 0 Å². The van der Waals surface area contributed by atoms with Crippen LogP contribution in [0.2, 0.25) is 0 Å². The van der Waals surface area contributed by atoms with Crippen LogP contribution in [-0.2, 0) is 9.59 Å². The van der Waals surface area contributed by atoms with Gasteiger partial charge in [-0.05, 0) is 103 Å². The molecule has 4 heteroatoms. The van der Waals surface area contributed by atoms with Crippen molar-refractivity contribution in [2.24, 2.45) is 23.2 Å². The molecule has 1 spiro atoms. The largest absolute Gasteiger partial charge is 0.300 e. The van der Waals surface area contributed by atoms with Crippen LogP contribution in [0.25, 0.3) is 0 Å². The highest BCUT2D eigenvalue weighted by molar-refractivity contribution is 5.82. The predicted octanol–water partition coefficient (Wildman–Crippen LogP) is 4.32. The lowest BCUT2D eigenvalue weighted by molar-refractivity contribution is -0.128. The molecule has 2 heterocycles. The molecule has 29 heavy (non-hydrogen) atoms. The predicted molar refractivity (Wildman–Crippen MR) is 117 cm³/mol. The molecule has 0 N–H and O–H groups in total. The molecule has 164 valence electrons. The van der Waals surface area contributed by atoms with Crippen LogP contribution in [0.1, 0.15) is 85.0 Å². The highest BCUT2D eigenvalue weighted by Crippen LogP contribution is 2.54. The molecule has 0 radical (unpaired) electrons. The van der Waals surface area contributed by atoms with Crippen molar-refractivity contribution >= 4 is 11.6 Å². The third kappa shape index (κ3) is 4.63. The minimum absolute atomic E-state index is 0.193. The number of hydrogen-bond acceptors (Lipinski definition) is 4. The Morgan fingerprint density at radius 3 is 1.79 bits per heavy atom. The lowest BCUT2D eigenvalue weighted by Gasteiger charge is -2.56. The van der Waals surface area contributed by atoms with Crippen LogP contribution < -0.4 is 0 Å². The minimum Gasteiger partial charge on any atom is -0.300 e. The molecule has 2 saturated carbocycles. The second-order valence-electron chi connectivity index (χ2n) is 11.1. The molecule has 0 amide bonds. The van der Waals surface area contributed by atoms with Crippen molar-refractivity contribution in [3.63, 3.8) is 0 Å². The first-order chi connectivity index (χ1) is 13.9. The smallest absolute Gasteiger partial charge is 0.138 e. The van der Waals surface area contributed by atoms with Gasteiger partial charge in [-0.15, -0.1) is 0 Å². The van der Waals surface area contributed by atoms with Gasteiger partial charge in [0, 0.05) is 29.8 Å². The number of nitrogens with zero attached hydrogens (tertiary/aromatic N) is 2.